The second-order valence-corrected chi connectivity index (χ2v) is 2.62. The second kappa shape index (κ2) is 4.77. The predicted octanol–water partition coefficient (Wildman–Crippen LogP) is 2.34. The molecule has 0 bridgehead atoms. The van der Waals surface area contributed by atoms with E-state index < -0.39 is 29.5 Å². The zero-order chi connectivity index (χ0) is 11.4. The van der Waals surface area contributed by atoms with Crippen LogP contribution in [0.5, 0.6) is 0 Å². The molecule has 1 rings (SSSR count). The van der Waals surface area contributed by atoms with Gasteiger partial charge in [-0.2, -0.15) is 0 Å². The molecule has 0 unspecified atom stereocenters. The summed E-state index contributed by atoms with van der Waals surface area (Å²) < 4.78 is 41.8. The van der Waals surface area contributed by atoms with Gasteiger partial charge in [-0.25, -0.2) is 22.9 Å². The Hall–Kier alpha value is -1.59. The number of ether oxygens (including phenoxy) is 1. The highest BCUT2D eigenvalue weighted by molar-refractivity contribution is 5.87. The number of pyridine rings is 1. The van der Waals surface area contributed by atoms with Gasteiger partial charge in [0.25, 0.3) is 6.43 Å². The van der Waals surface area contributed by atoms with Gasteiger partial charge in [-0.1, -0.05) is 0 Å². The standard InChI is InChI=1S/C9H8F3NO2/c1-2-15-9(14)7-6(10)3-5(4-13-7)8(11)12/h3-4,8H,2H2,1H3. The maximum atomic E-state index is 13.1. The summed E-state index contributed by atoms with van der Waals surface area (Å²) in [6, 6.07) is 0.573. The first-order valence-electron chi connectivity index (χ1n) is 4.17. The number of carbonyl (C=O) groups is 1. The average Bonchev–Trinajstić information content (AvgIpc) is 2.17. The minimum Gasteiger partial charge on any atom is -0.461 e. The van der Waals surface area contributed by atoms with Crippen molar-refractivity contribution in [1.82, 2.24) is 4.98 Å². The lowest BCUT2D eigenvalue weighted by Gasteiger charge is -2.04. The number of carbonyl (C=O) groups excluding carboxylic acids is 1. The molecule has 1 heterocycles. The van der Waals surface area contributed by atoms with Gasteiger partial charge in [0.2, 0.25) is 0 Å². The highest BCUT2D eigenvalue weighted by Crippen LogP contribution is 2.19. The molecule has 0 spiro atoms. The minimum absolute atomic E-state index is 0.0660. The van der Waals surface area contributed by atoms with Crippen molar-refractivity contribution in [2.45, 2.75) is 13.3 Å². The first-order valence-corrected chi connectivity index (χ1v) is 4.17. The Morgan fingerprint density at radius 1 is 1.60 bits per heavy atom. The number of hydrogen-bond acceptors (Lipinski definition) is 3. The van der Waals surface area contributed by atoms with Gasteiger partial charge in [0.1, 0.15) is 0 Å². The zero-order valence-electron chi connectivity index (χ0n) is 7.84. The van der Waals surface area contributed by atoms with Crippen LogP contribution < -0.4 is 0 Å². The van der Waals surface area contributed by atoms with Crippen molar-refractivity contribution in [3.63, 3.8) is 0 Å². The lowest BCUT2D eigenvalue weighted by Crippen LogP contribution is -2.10. The molecular formula is C9H8F3NO2. The van der Waals surface area contributed by atoms with E-state index in [0.717, 1.165) is 6.20 Å². The van der Waals surface area contributed by atoms with E-state index >= 15 is 0 Å². The Morgan fingerprint density at radius 2 is 2.27 bits per heavy atom. The molecule has 3 nitrogen and oxygen atoms in total. The number of alkyl halides is 2. The maximum Gasteiger partial charge on any atom is 0.359 e. The Kier molecular flexibility index (Phi) is 3.65. The van der Waals surface area contributed by atoms with Gasteiger partial charge in [0.05, 0.1) is 6.61 Å². The molecule has 0 amide bonds. The summed E-state index contributed by atoms with van der Waals surface area (Å²) in [5, 5.41) is 0. The number of hydrogen-bond donors (Lipinski definition) is 0. The van der Waals surface area contributed by atoms with Gasteiger partial charge in [-0.3, -0.25) is 0 Å². The topological polar surface area (TPSA) is 39.2 Å². The molecule has 82 valence electrons. The van der Waals surface area contributed by atoms with Crippen molar-refractivity contribution in [3.8, 4) is 0 Å². The number of halogens is 3. The van der Waals surface area contributed by atoms with Gasteiger partial charge < -0.3 is 4.74 Å². The van der Waals surface area contributed by atoms with Gasteiger partial charge in [0, 0.05) is 11.8 Å². The van der Waals surface area contributed by atoms with Crippen molar-refractivity contribution >= 4 is 5.97 Å². The maximum absolute atomic E-state index is 13.1. The van der Waals surface area contributed by atoms with E-state index in [1.54, 1.807) is 6.92 Å². The lowest BCUT2D eigenvalue weighted by molar-refractivity contribution is 0.0512. The van der Waals surface area contributed by atoms with Gasteiger partial charge in [-0.05, 0) is 13.0 Å². The van der Waals surface area contributed by atoms with Crippen LogP contribution in [0.2, 0.25) is 0 Å². The second-order valence-electron chi connectivity index (χ2n) is 2.62. The highest BCUT2D eigenvalue weighted by Gasteiger charge is 2.17. The van der Waals surface area contributed by atoms with E-state index in [1.807, 2.05) is 0 Å². The largest absolute Gasteiger partial charge is 0.461 e. The van der Waals surface area contributed by atoms with Gasteiger partial charge >= 0.3 is 5.97 Å². The summed E-state index contributed by atoms with van der Waals surface area (Å²) in [5.74, 6) is -2.07. The normalized spacial score (nSPS) is 10.5. The summed E-state index contributed by atoms with van der Waals surface area (Å²) in [7, 11) is 0. The fourth-order valence-corrected chi connectivity index (χ4v) is 0.922. The third kappa shape index (κ3) is 2.68. The zero-order valence-corrected chi connectivity index (χ0v) is 7.84. The number of nitrogens with zero attached hydrogens (tertiary/aromatic N) is 1. The molecule has 1 aromatic heterocycles. The average molecular weight is 219 g/mol. The lowest BCUT2D eigenvalue weighted by atomic mass is 10.2. The van der Waals surface area contributed by atoms with Crippen molar-refractivity contribution in [2.75, 3.05) is 6.61 Å². The number of aromatic nitrogens is 1. The summed E-state index contributed by atoms with van der Waals surface area (Å²) in [5.41, 5.74) is -1.15. The van der Waals surface area contributed by atoms with Crippen molar-refractivity contribution in [3.05, 3.63) is 29.3 Å². The molecule has 0 aliphatic carbocycles. The highest BCUT2D eigenvalue weighted by atomic mass is 19.3. The van der Waals surface area contributed by atoms with Crippen LogP contribution in [0.15, 0.2) is 12.3 Å². The molecule has 0 aliphatic heterocycles. The van der Waals surface area contributed by atoms with Gasteiger partial charge in [-0.15, -0.1) is 0 Å². The molecule has 0 atom stereocenters. The SMILES string of the molecule is CCOC(=O)c1ncc(C(F)F)cc1F. The van der Waals surface area contributed by atoms with Gasteiger partial charge in [0.15, 0.2) is 11.5 Å². The molecule has 0 aliphatic rings. The van der Waals surface area contributed by atoms with E-state index in [1.165, 1.54) is 0 Å². The number of esters is 1. The Bertz CT molecular complexity index is 368. The van der Waals surface area contributed by atoms with Crippen LogP contribution in [-0.2, 0) is 4.74 Å². The summed E-state index contributed by atoms with van der Waals surface area (Å²) in [6.45, 7) is 1.61. The summed E-state index contributed by atoms with van der Waals surface area (Å²) in [4.78, 5) is 14.3. The molecule has 0 fully saturated rings. The molecule has 0 aromatic carbocycles. The fraction of sp³-hybridized carbons (Fsp3) is 0.333. The molecule has 0 N–H and O–H groups in total. The minimum atomic E-state index is -2.82. The summed E-state index contributed by atoms with van der Waals surface area (Å²) >= 11 is 0. The molecule has 0 saturated carbocycles. The van der Waals surface area contributed by atoms with E-state index in [0.29, 0.717) is 6.07 Å². The van der Waals surface area contributed by atoms with Crippen LogP contribution in [0.25, 0.3) is 0 Å². The van der Waals surface area contributed by atoms with E-state index in [-0.39, 0.29) is 6.61 Å². The molecular weight excluding hydrogens is 211 g/mol. The third-order valence-corrected chi connectivity index (χ3v) is 1.58. The van der Waals surface area contributed by atoms with Crippen LogP contribution in [-0.4, -0.2) is 17.6 Å². The molecule has 0 saturated heterocycles. The van der Waals surface area contributed by atoms with Crippen LogP contribution in [0.3, 0.4) is 0 Å². The molecule has 0 radical (unpaired) electrons. The van der Waals surface area contributed by atoms with Crippen LogP contribution in [0, 0.1) is 5.82 Å². The van der Waals surface area contributed by atoms with Crippen molar-refractivity contribution in [1.29, 1.82) is 0 Å². The Labute approximate surface area is 83.9 Å². The van der Waals surface area contributed by atoms with Crippen LogP contribution >= 0.6 is 0 Å². The first kappa shape index (κ1) is 11.5. The molecule has 15 heavy (non-hydrogen) atoms. The summed E-state index contributed by atoms with van der Waals surface area (Å²) in [6.07, 6.45) is -2.07. The monoisotopic (exact) mass is 219 g/mol. The third-order valence-electron chi connectivity index (χ3n) is 1.58. The van der Waals surface area contributed by atoms with E-state index in [2.05, 4.69) is 9.72 Å². The smallest absolute Gasteiger partial charge is 0.359 e. The van der Waals surface area contributed by atoms with E-state index in [9.17, 15) is 18.0 Å². The van der Waals surface area contributed by atoms with Crippen molar-refractivity contribution < 1.29 is 22.7 Å². The molecule has 6 heteroatoms. The van der Waals surface area contributed by atoms with Crippen LogP contribution in [0.1, 0.15) is 29.4 Å². The van der Waals surface area contributed by atoms with Crippen LogP contribution in [0.4, 0.5) is 13.2 Å². The quantitative estimate of drug-likeness (QED) is 0.732. The molecule has 1 aromatic rings. The van der Waals surface area contributed by atoms with Crippen molar-refractivity contribution in [2.24, 2.45) is 0 Å². The Morgan fingerprint density at radius 3 is 2.73 bits per heavy atom. The first-order chi connectivity index (χ1) is 7.06. The van der Waals surface area contributed by atoms with E-state index in [4.69, 9.17) is 0 Å². The Balaban J connectivity index is 2.98. The fourth-order valence-electron chi connectivity index (χ4n) is 0.922. The number of rotatable bonds is 3. The predicted molar refractivity (Wildman–Crippen MR) is 45.1 cm³/mol.